The summed E-state index contributed by atoms with van der Waals surface area (Å²) in [5, 5.41) is 0. The highest BCUT2D eigenvalue weighted by Gasteiger charge is 2.45. The van der Waals surface area contributed by atoms with Gasteiger partial charge in [-0.25, -0.2) is 8.78 Å². The number of halogens is 2. The molecule has 0 aromatic rings. The summed E-state index contributed by atoms with van der Waals surface area (Å²) >= 11 is 0. The van der Waals surface area contributed by atoms with Crippen molar-refractivity contribution in [3.8, 4) is 0 Å². The molecule has 0 N–H and O–H groups in total. The van der Waals surface area contributed by atoms with E-state index in [2.05, 4.69) is 0 Å². The van der Waals surface area contributed by atoms with E-state index >= 15 is 0 Å². The average molecular weight is 176 g/mol. The van der Waals surface area contributed by atoms with Gasteiger partial charge in [-0.2, -0.15) is 0 Å². The summed E-state index contributed by atoms with van der Waals surface area (Å²) in [5.41, 5.74) is 0.229. The molecular formula is C10H18F2. The van der Waals surface area contributed by atoms with Gasteiger partial charge in [0.05, 0.1) is 0 Å². The minimum atomic E-state index is -2.56. The Bertz CT molecular complexity index is 171. The van der Waals surface area contributed by atoms with Gasteiger partial charge in [-0.3, -0.25) is 0 Å². The Balaban J connectivity index is 0.000000561. The molecule has 0 nitrogen and oxygen atoms in total. The molecular weight excluding hydrogens is 158 g/mol. The van der Waals surface area contributed by atoms with E-state index in [9.17, 15) is 8.78 Å². The molecule has 0 spiro atoms. The Morgan fingerprint density at radius 2 is 1.67 bits per heavy atom. The molecule has 2 unspecified atom stereocenters. The first-order valence-corrected chi connectivity index (χ1v) is 4.53. The Kier molecular flexibility index (Phi) is 3.88. The van der Waals surface area contributed by atoms with Crippen molar-refractivity contribution in [3.63, 3.8) is 0 Å². The summed E-state index contributed by atoms with van der Waals surface area (Å²) in [6.45, 7) is 8.92. The van der Waals surface area contributed by atoms with Crippen molar-refractivity contribution in [1.82, 2.24) is 0 Å². The van der Waals surface area contributed by atoms with Crippen LogP contribution in [0.3, 0.4) is 0 Å². The molecule has 2 atom stereocenters. The van der Waals surface area contributed by atoms with Crippen LogP contribution in [-0.2, 0) is 0 Å². The van der Waals surface area contributed by atoms with E-state index in [1.807, 2.05) is 20.8 Å². The third kappa shape index (κ3) is 1.85. The summed E-state index contributed by atoms with van der Waals surface area (Å²) in [5.74, 6) is -3.05. The van der Waals surface area contributed by atoms with Crippen LogP contribution in [0.2, 0.25) is 0 Å². The SMILES string of the molecule is CC.CC1=CC(C)C(C)C1(F)F. The number of hydrogen-bond donors (Lipinski definition) is 0. The van der Waals surface area contributed by atoms with E-state index in [1.165, 1.54) is 6.92 Å². The predicted molar refractivity (Wildman–Crippen MR) is 48.4 cm³/mol. The van der Waals surface area contributed by atoms with Gasteiger partial charge in [0.1, 0.15) is 0 Å². The molecule has 0 amide bonds. The first kappa shape index (κ1) is 11.6. The van der Waals surface area contributed by atoms with Gasteiger partial charge in [-0.15, -0.1) is 0 Å². The van der Waals surface area contributed by atoms with E-state index in [-0.39, 0.29) is 11.5 Å². The minimum Gasteiger partial charge on any atom is -0.201 e. The fourth-order valence-electron chi connectivity index (χ4n) is 1.34. The molecule has 0 fully saturated rings. The third-order valence-electron chi connectivity index (χ3n) is 2.40. The summed E-state index contributed by atoms with van der Waals surface area (Å²) in [6, 6.07) is 0. The first-order chi connectivity index (χ1) is 5.46. The predicted octanol–water partition coefficient (Wildman–Crippen LogP) is 3.88. The second kappa shape index (κ2) is 4.01. The lowest BCUT2D eigenvalue weighted by molar-refractivity contribution is -0.0127. The van der Waals surface area contributed by atoms with Crippen LogP contribution >= 0.6 is 0 Å². The van der Waals surface area contributed by atoms with Crippen LogP contribution in [0.5, 0.6) is 0 Å². The molecule has 1 rings (SSSR count). The second-order valence-electron chi connectivity index (χ2n) is 3.12. The quantitative estimate of drug-likeness (QED) is 0.491. The van der Waals surface area contributed by atoms with Crippen LogP contribution in [-0.4, -0.2) is 5.92 Å². The van der Waals surface area contributed by atoms with E-state index in [0.717, 1.165) is 0 Å². The van der Waals surface area contributed by atoms with Crippen LogP contribution in [0.15, 0.2) is 11.6 Å². The molecule has 12 heavy (non-hydrogen) atoms. The molecule has 72 valence electrons. The third-order valence-corrected chi connectivity index (χ3v) is 2.40. The summed E-state index contributed by atoms with van der Waals surface area (Å²) in [4.78, 5) is 0. The van der Waals surface area contributed by atoms with E-state index in [1.54, 1.807) is 13.0 Å². The number of rotatable bonds is 0. The fourth-order valence-corrected chi connectivity index (χ4v) is 1.34. The maximum Gasteiger partial charge on any atom is 0.272 e. The molecule has 0 saturated carbocycles. The smallest absolute Gasteiger partial charge is 0.201 e. The number of alkyl halides is 2. The zero-order valence-electron chi connectivity index (χ0n) is 8.49. The molecule has 0 aliphatic heterocycles. The van der Waals surface area contributed by atoms with Gasteiger partial charge in [-0.05, 0) is 18.4 Å². The van der Waals surface area contributed by atoms with E-state index in [0.29, 0.717) is 0 Å². The van der Waals surface area contributed by atoms with Gasteiger partial charge in [-0.1, -0.05) is 33.8 Å². The minimum absolute atomic E-state index is 0.0231. The lowest BCUT2D eigenvalue weighted by atomic mass is 9.96. The Morgan fingerprint density at radius 1 is 1.25 bits per heavy atom. The van der Waals surface area contributed by atoms with Crippen LogP contribution in [0.25, 0.3) is 0 Å². The van der Waals surface area contributed by atoms with Crippen LogP contribution in [0.4, 0.5) is 8.78 Å². The van der Waals surface area contributed by atoms with Crippen molar-refractivity contribution in [2.75, 3.05) is 0 Å². The highest BCUT2D eigenvalue weighted by atomic mass is 19.3. The largest absolute Gasteiger partial charge is 0.272 e. The van der Waals surface area contributed by atoms with Crippen molar-refractivity contribution in [2.45, 2.75) is 40.5 Å². The Hall–Kier alpha value is -0.400. The lowest BCUT2D eigenvalue weighted by Crippen LogP contribution is -2.24. The van der Waals surface area contributed by atoms with Gasteiger partial charge in [0.15, 0.2) is 0 Å². The fraction of sp³-hybridized carbons (Fsp3) is 0.800. The van der Waals surface area contributed by atoms with Gasteiger partial charge in [0, 0.05) is 5.92 Å². The molecule has 1 aliphatic rings. The zero-order valence-corrected chi connectivity index (χ0v) is 8.49. The standard InChI is InChI=1S/C8H12F2.C2H6/c1-5-4-6(2)8(9,10)7(5)3;1-2/h4-5,7H,1-3H3;1-2H3. The molecule has 0 heterocycles. The van der Waals surface area contributed by atoms with E-state index < -0.39 is 11.8 Å². The zero-order chi connectivity index (χ0) is 9.94. The lowest BCUT2D eigenvalue weighted by Gasteiger charge is -2.19. The Morgan fingerprint density at radius 3 is 1.75 bits per heavy atom. The maximum atomic E-state index is 12.9. The topological polar surface area (TPSA) is 0 Å². The molecule has 0 bridgehead atoms. The summed E-state index contributed by atoms with van der Waals surface area (Å²) in [7, 11) is 0. The molecule has 0 radical (unpaired) electrons. The Labute approximate surface area is 73.7 Å². The maximum absolute atomic E-state index is 12.9. The molecule has 0 saturated heterocycles. The van der Waals surface area contributed by atoms with Crippen LogP contribution < -0.4 is 0 Å². The highest BCUT2D eigenvalue weighted by molar-refractivity contribution is 5.20. The molecule has 0 aromatic heterocycles. The van der Waals surface area contributed by atoms with Crippen molar-refractivity contribution >= 4 is 0 Å². The number of hydrogen-bond acceptors (Lipinski definition) is 0. The molecule has 0 aromatic carbocycles. The van der Waals surface area contributed by atoms with E-state index in [4.69, 9.17) is 0 Å². The second-order valence-corrected chi connectivity index (χ2v) is 3.12. The van der Waals surface area contributed by atoms with Crippen molar-refractivity contribution < 1.29 is 8.78 Å². The first-order valence-electron chi connectivity index (χ1n) is 4.53. The van der Waals surface area contributed by atoms with Gasteiger partial charge in [0.25, 0.3) is 5.92 Å². The average Bonchev–Trinajstić information content (AvgIpc) is 2.20. The normalized spacial score (nSPS) is 32.1. The van der Waals surface area contributed by atoms with Crippen LogP contribution in [0, 0.1) is 11.8 Å². The monoisotopic (exact) mass is 176 g/mol. The van der Waals surface area contributed by atoms with Gasteiger partial charge >= 0.3 is 0 Å². The molecule has 2 heteroatoms. The number of allylic oxidation sites excluding steroid dienone is 2. The van der Waals surface area contributed by atoms with Crippen molar-refractivity contribution in [3.05, 3.63) is 11.6 Å². The van der Waals surface area contributed by atoms with Crippen molar-refractivity contribution in [1.29, 1.82) is 0 Å². The van der Waals surface area contributed by atoms with Gasteiger partial charge in [0.2, 0.25) is 0 Å². The van der Waals surface area contributed by atoms with Gasteiger partial charge < -0.3 is 0 Å². The van der Waals surface area contributed by atoms with Crippen LogP contribution in [0.1, 0.15) is 34.6 Å². The highest BCUT2D eigenvalue weighted by Crippen LogP contribution is 2.43. The molecule has 1 aliphatic carbocycles. The summed E-state index contributed by atoms with van der Waals surface area (Å²) in [6.07, 6.45) is 1.66. The van der Waals surface area contributed by atoms with Crippen molar-refractivity contribution in [2.24, 2.45) is 11.8 Å². The summed E-state index contributed by atoms with van der Waals surface area (Å²) < 4.78 is 25.8.